The molecule has 3 heterocycles. The topological polar surface area (TPSA) is 21.7 Å². The van der Waals surface area contributed by atoms with Crippen molar-refractivity contribution < 1.29 is 24.7 Å². The van der Waals surface area contributed by atoms with Crippen LogP contribution in [0, 0.1) is 18.5 Å². The van der Waals surface area contributed by atoms with Gasteiger partial charge in [-0.25, -0.2) is 0 Å². The zero-order valence-corrected chi connectivity index (χ0v) is 29.4. The van der Waals surface area contributed by atoms with Crippen molar-refractivity contribution in [1.82, 2.24) is 9.55 Å². The molecule has 5 aromatic rings. The molecule has 1 aliphatic carbocycles. The quantitative estimate of drug-likeness (QED) is 0.124. The van der Waals surface area contributed by atoms with Gasteiger partial charge >= 0.3 is 20.1 Å². The van der Waals surface area contributed by atoms with E-state index in [1.165, 1.54) is 51.8 Å². The number of rotatable bonds is 1. The molecule has 0 unspecified atom stereocenters. The molecule has 0 bridgehead atoms. The third-order valence-electron chi connectivity index (χ3n) is 9.41. The van der Waals surface area contributed by atoms with Crippen molar-refractivity contribution in [3.8, 4) is 16.9 Å². The minimum Gasteiger partial charge on any atom is -0.341 e. The van der Waals surface area contributed by atoms with Crippen LogP contribution >= 0.6 is 0 Å². The fourth-order valence-electron chi connectivity index (χ4n) is 6.69. The Morgan fingerprint density at radius 1 is 0.814 bits per heavy atom. The van der Waals surface area contributed by atoms with Gasteiger partial charge in [0.25, 0.3) is 0 Å². The summed E-state index contributed by atoms with van der Waals surface area (Å²) in [4.78, 5) is 4.22. The van der Waals surface area contributed by atoms with Gasteiger partial charge < -0.3 is 14.1 Å². The molecule has 0 fully saturated rings. The SMILES string of the molecule is CC1(C)CCC(C)(C)c2cc3c([c-]c21)-[n+]1[c-]n(C(C)(C)C)c2cccc(c21)C3(C)C.[Ir+3].[c-]1ccccc1-c1ccccn1. The van der Waals surface area contributed by atoms with Gasteiger partial charge in [0.05, 0.1) is 16.6 Å². The molecule has 2 aromatic heterocycles. The second-order valence-corrected chi connectivity index (χ2v) is 14.8. The second-order valence-electron chi connectivity index (χ2n) is 14.8. The standard InChI is InChI=1S/C28H35N2.C11H8N.Ir/c1-25(2,3)30-17-29-23-16-20-19(26(4,5)13-14-27(20,6)7)15-21(23)28(8,9)18-11-10-12-22(30)24(18)29;1-2-6-10(7-3-1)11-8-4-5-9-12-11;/h10-12,15H,13-14H2,1-9H3;1-6,8-9H;/q2*-1;+3. The summed E-state index contributed by atoms with van der Waals surface area (Å²) in [5, 5.41) is 0. The minimum absolute atomic E-state index is 0. The van der Waals surface area contributed by atoms with Gasteiger partial charge in [-0.15, -0.1) is 47.0 Å². The average molecular weight is 746 g/mol. The van der Waals surface area contributed by atoms with E-state index >= 15 is 0 Å². The van der Waals surface area contributed by atoms with Crippen molar-refractivity contribution in [3.63, 3.8) is 0 Å². The largest absolute Gasteiger partial charge is 3.00 e. The smallest absolute Gasteiger partial charge is 0.341 e. The van der Waals surface area contributed by atoms with Gasteiger partial charge in [-0.1, -0.05) is 95.0 Å². The van der Waals surface area contributed by atoms with E-state index in [9.17, 15) is 0 Å². The molecule has 0 atom stereocenters. The average Bonchev–Trinajstić information content (AvgIpc) is 3.36. The maximum absolute atomic E-state index is 4.22. The summed E-state index contributed by atoms with van der Waals surface area (Å²) in [6.07, 6.45) is 7.94. The van der Waals surface area contributed by atoms with Gasteiger partial charge in [-0.05, 0) is 49.8 Å². The van der Waals surface area contributed by atoms with E-state index in [-0.39, 0.29) is 41.9 Å². The maximum Gasteiger partial charge on any atom is 3.00 e. The molecule has 0 amide bonds. The summed E-state index contributed by atoms with van der Waals surface area (Å²) in [7, 11) is 0. The van der Waals surface area contributed by atoms with Crippen LogP contribution in [0.15, 0.2) is 72.9 Å². The Kier molecular flexibility index (Phi) is 7.89. The predicted octanol–water partition coefficient (Wildman–Crippen LogP) is 8.81. The van der Waals surface area contributed by atoms with Crippen LogP contribution in [0.3, 0.4) is 0 Å². The monoisotopic (exact) mass is 746 g/mol. The van der Waals surface area contributed by atoms with Gasteiger partial charge in [0.1, 0.15) is 0 Å². The number of pyridine rings is 1. The first-order valence-corrected chi connectivity index (χ1v) is 15.2. The molecule has 7 rings (SSSR count). The Balaban J connectivity index is 0.000000238. The molecular formula is C39H43IrN3+. The van der Waals surface area contributed by atoms with E-state index < -0.39 is 0 Å². The van der Waals surface area contributed by atoms with E-state index in [2.05, 4.69) is 119 Å². The van der Waals surface area contributed by atoms with Gasteiger partial charge in [0.15, 0.2) is 0 Å². The summed E-state index contributed by atoms with van der Waals surface area (Å²) in [5.41, 5.74) is 11.6. The fourth-order valence-corrected chi connectivity index (χ4v) is 6.69. The maximum atomic E-state index is 4.22. The first-order chi connectivity index (χ1) is 19.7. The molecule has 3 nitrogen and oxygen atoms in total. The molecular weight excluding hydrogens is 703 g/mol. The van der Waals surface area contributed by atoms with Crippen LogP contribution in [-0.2, 0) is 41.9 Å². The molecule has 0 saturated heterocycles. The first-order valence-electron chi connectivity index (χ1n) is 15.2. The van der Waals surface area contributed by atoms with Crippen molar-refractivity contribution in [1.29, 1.82) is 0 Å². The number of fused-ring (bicyclic) bond motifs is 3. The molecule has 0 saturated carbocycles. The van der Waals surface area contributed by atoms with E-state index in [0.29, 0.717) is 0 Å². The number of nitrogens with zero attached hydrogens (tertiary/aromatic N) is 3. The summed E-state index contributed by atoms with van der Waals surface area (Å²) < 4.78 is 4.61. The van der Waals surface area contributed by atoms with Crippen LogP contribution in [0.1, 0.15) is 97.4 Å². The molecule has 1 aliphatic heterocycles. The fraction of sp³-hybridized carbons (Fsp3) is 0.385. The second kappa shape index (κ2) is 10.8. The van der Waals surface area contributed by atoms with E-state index in [1.54, 1.807) is 6.20 Å². The van der Waals surface area contributed by atoms with E-state index in [0.717, 1.165) is 11.3 Å². The third kappa shape index (κ3) is 5.32. The molecule has 2 aliphatic rings. The Hall–Kier alpha value is -3.07. The summed E-state index contributed by atoms with van der Waals surface area (Å²) >= 11 is 0. The van der Waals surface area contributed by atoms with Crippen molar-refractivity contribution in [3.05, 3.63) is 114 Å². The van der Waals surface area contributed by atoms with Crippen LogP contribution < -0.4 is 4.57 Å². The molecule has 0 N–H and O–H groups in total. The normalized spacial score (nSPS) is 17.1. The summed E-state index contributed by atoms with van der Waals surface area (Å²) in [6, 6.07) is 30.1. The summed E-state index contributed by atoms with van der Waals surface area (Å²) in [5.74, 6) is 0. The number of aromatic nitrogens is 3. The van der Waals surface area contributed by atoms with Gasteiger partial charge in [-0.2, -0.15) is 17.7 Å². The third-order valence-corrected chi connectivity index (χ3v) is 9.41. The van der Waals surface area contributed by atoms with Crippen LogP contribution in [0.25, 0.3) is 28.0 Å². The molecule has 3 aromatic carbocycles. The molecule has 43 heavy (non-hydrogen) atoms. The first kappa shape index (κ1) is 31.4. The number of hydrogen-bond acceptors (Lipinski definition) is 1. The van der Waals surface area contributed by atoms with Crippen LogP contribution in [0.2, 0.25) is 0 Å². The molecule has 0 radical (unpaired) electrons. The number of para-hydroxylation sites is 1. The number of imidazole rings is 1. The molecule has 222 valence electrons. The van der Waals surface area contributed by atoms with Gasteiger partial charge in [0, 0.05) is 6.20 Å². The number of benzene rings is 3. The van der Waals surface area contributed by atoms with Crippen molar-refractivity contribution >= 4 is 11.0 Å². The predicted molar refractivity (Wildman–Crippen MR) is 172 cm³/mol. The summed E-state index contributed by atoms with van der Waals surface area (Å²) in [6.45, 7) is 21.1. The zero-order valence-electron chi connectivity index (χ0n) is 27.0. The zero-order chi connectivity index (χ0) is 30.1. The van der Waals surface area contributed by atoms with Gasteiger partial charge in [0.2, 0.25) is 6.33 Å². The minimum atomic E-state index is -0.0735. The van der Waals surface area contributed by atoms with Gasteiger partial charge in [-0.3, -0.25) is 0 Å². The van der Waals surface area contributed by atoms with Crippen LogP contribution in [0.5, 0.6) is 0 Å². The van der Waals surface area contributed by atoms with Crippen molar-refractivity contribution in [2.75, 3.05) is 0 Å². The van der Waals surface area contributed by atoms with E-state index in [1.807, 2.05) is 42.5 Å². The molecule has 4 heteroatoms. The van der Waals surface area contributed by atoms with E-state index in [4.69, 9.17) is 0 Å². The Bertz CT molecular complexity index is 1730. The molecule has 0 spiro atoms. The number of hydrogen-bond donors (Lipinski definition) is 0. The Morgan fingerprint density at radius 2 is 1.53 bits per heavy atom. The Morgan fingerprint density at radius 3 is 2.19 bits per heavy atom. The van der Waals surface area contributed by atoms with Crippen LogP contribution in [-0.4, -0.2) is 9.55 Å². The Labute approximate surface area is 271 Å². The van der Waals surface area contributed by atoms with Crippen molar-refractivity contribution in [2.45, 2.75) is 96.9 Å². The van der Waals surface area contributed by atoms with Crippen molar-refractivity contribution in [2.24, 2.45) is 0 Å². The van der Waals surface area contributed by atoms with Crippen LogP contribution in [0.4, 0.5) is 0 Å².